The number of rotatable bonds is 9. The van der Waals surface area contributed by atoms with Crippen molar-refractivity contribution in [1.82, 2.24) is 0 Å². The van der Waals surface area contributed by atoms with Gasteiger partial charge in [0.25, 0.3) is 0 Å². The lowest BCUT2D eigenvalue weighted by Gasteiger charge is -2.21. The number of aliphatic imine (C=N–C) groups is 1. The van der Waals surface area contributed by atoms with Crippen molar-refractivity contribution in [3.63, 3.8) is 0 Å². The maximum atomic E-state index is 5.80. The number of hydrogen-bond acceptors (Lipinski definition) is 2. The van der Waals surface area contributed by atoms with Crippen molar-refractivity contribution in [3.8, 4) is 5.75 Å². The molecule has 0 fully saturated rings. The van der Waals surface area contributed by atoms with Crippen LogP contribution in [0.2, 0.25) is 0 Å². The molecule has 3 heteroatoms. The summed E-state index contributed by atoms with van der Waals surface area (Å²) in [5, 5.41) is 3.96. The van der Waals surface area contributed by atoms with Crippen LogP contribution in [0.5, 0.6) is 5.75 Å². The van der Waals surface area contributed by atoms with E-state index in [1.807, 2.05) is 25.3 Å². The molecule has 0 N–H and O–H groups in total. The monoisotopic (exact) mass is 499 g/mol. The fraction of sp³-hybridized carbons (Fsp3) is 0.0882. The maximum Gasteiger partial charge on any atom is 0.119 e. The fourth-order valence-electron chi connectivity index (χ4n) is 4.42. The molecule has 0 aliphatic carbocycles. The van der Waals surface area contributed by atoms with Crippen molar-refractivity contribution in [2.75, 3.05) is 6.61 Å². The zero-order valence-corrected chi connectivity index (χ0v) is 21.9. The van der Waals surface area contributed by atoms with Gasteiger partial charge in [-0.3, -0.25) is 4.99 Å². The summed E-state index contributed by atoms with van der Waals surface area (Å²) in [4.78, 5) is 5.03. The van der Waals surface area contributed by atoms with Gasteiger partial charge in [0.05, 0.1) is 12.3 Å². The Balaban J connectivity index is 1.54. The van der Waals surface area contributed by atoms with Crippen LogP contribution < -0.4 is 20.7 Å². The Kier molecular flexibility index (Phi) is 8.21. The van der Waals surface area contributed by atoms with Gasteiger partial charge in [0.2, 0.25) is 0 Å². The SMILES string of the molecule is CCOc1ccc(N=Cc2ccccc2P(c2ccccc2)c2ccccc2)c(Cc2ccccc2)c1. The molecule has 0 atom stereocenters. The molecule has 0 aliphatic rings. The van der Waals surface area contributed by atoms with Gasteiger partial charge in [-0.15, -0.1) is 0 Å². The highest BCUT2D eigenvalue weighted by Crippen LogP contribution is 2.34. The van der Waals surface area contributed by atoms with Crippen molar-refractivity contribution < 1.29 is 4.74 Å². The lowest BCUT2D eigenvalue weighted by atomic mass is 10.0. The van der Waals surface area contributed by atoms with Crippen LogP contribution in [0.25, 0.3) is 0 Å². The molecule has 5 aromatic rings. The maximum absolute atomic E-state index is 5.80. The van der Waals surface area contributed by atoms with Crippen LogP contribution >= 0.6 is 7.92 Å². The molecule has 5 rings (SSSR count). The summed E-state index contributed by atoms with van der Waals surface area (Å²) in [6.07, 6.45) is 2.83. The summed E-state index contributed by atoms with van der Waals surface area (Å²) < 4.78 is 5.80. The summed E-state index contributed by atoms with van der Waals surface area (Å²) in [6, 6.07) is 47.0. The molecule has 182 valence electrons. The number of ether oxygens (including phenoxy) is 1. The first-order valence-electron chi connectivity index (χ1n) is 12.6. The molecule has 2 nitrogen and oxygen atoms in total. The third kappa shape index (κ3) is 6.23. The number of benzene rings is 5. The zero-order valence-electron chi connectivity index (χ0n) is 21.0. The summed E-state index contributed by atoms with van der Waals surface area (Å²) in [5.41, 5.74) is 4.51. The Morgan fingerprint density at radius 3 is 1.92 bits per heavy atom. The molecule has 0 unspecified atom stereocenters. The molecular weight excluding hydrogens is 469 g/mol. The van der Waals surface area contributed by atoms with Gasteiger partial charge in [0.1, 0.15) is 5.75 Å². The summed E-state index contributed by atoms with van der Waals surface area (Å²) in [7, 11) is -0.716. The van der Waals surface area contributed by atoms with E-state index in [1.165, 1.54) is 21.5 Å². The summed E-state index contributed by atoms with van der Waals surface area (Å²) >= 11 is 0. The molecule has 0 heterocycles. The second-order valence-corrected chi connectivity index (χ2v) is 10.9. The van der Waals surface area contributed by atoms with Crippen LogP contribution in [0.15, 0.2) is 138 Å². The first-order valence-corrected chi connectivity index (χ1v) is 14.0. The zero-order chi connectivity index (χ0) is 25.3. The van der Waals surface area contributed by atoms with Gasteiger partial charge in [0.15, 0.2) is 0 Å². The van der Waals surface area contributed by atoms with E-state index in [1.54, 1.807) is 0 Å². The van der Waals surface area contributed by atoms with Crippen molar-refractivity contribution >= 4 is 35.7 Å². The van der Waals surface area contributed by atoms with Crippen LogP contribution in [0, 0.1) is 0 Å². The van der Waals surface area contributed by atoms with E-state index in [2.05, 4.69) is 121 Å². The van der Waals surface area contributed by atoms with Gasteiger partial charge in [-0.1, -0.05) is 115 Å². The number of nitrogens with zero attached hydrogens (tertiary/aromatic N) is 1. The molecule has 0 aromatic heterocycles. The Hall–Kier alpha value is -4.00. The van der Waals surface area contributed by atoms with Crippen LogP contribution in [0.3, 0.4) is 0 Å². The van der Waals surface area contributed by atoms with E-state index in [0.717, 1.165) is 29.0 Å². The lowest BCUT2D eigenvalue weighted by Crippen LogP contribution is -2.23. The molecule has 0 amide bonds. The van der Waals surface area contributed by atoms with Gasteiger partial charge in [-0.2, -0.15) is 0 Å². The predicted molar refractivity (Wildman–Crippen MR) is 159 cm³/mol. The Bertz CT molecular complexity index is 1410. The molecule has 0 aliphatic heterocycles. The van der Waals surface area contributed by atoms with Crippen LogP contribution in [0.1, 0.15) is 23.6 Å². The minimum atomic E-state index is -0.716. The van der Waals surface area contributed by atoms with Gasteiger partial charge in [-0.05, 0) is 66.5 Å². The van der Waals surface area contributed by atoms with E-state index < -0.39 is 7.92 Å². The predicted octanol–water partition coefficient (Wildman–Crippen LogP) is 7.18. The third-order valence-corrected chi connectivity index (χ3v) is 8.67. The summed E-state index contributed by atoms with van der Waals surface area (Å²) in [6.45, 7) is 2.65. The van der Waals surface area contributed by atoms with E-state index in [-0.39, 0.29) is 0 Å². The highest BCUT2D eigenvalue weighted by molar-refractivity contribution is 7.80. The first kappa shape index (κ1) is 24.7. The Morgan fingerprint density at radius 1 is 0.676 bits per heavy atom. The lowest BCUT2D eigenvalue weighted by molar-refractivity contribution is 0.340. The van der Waals surface area contributed by atoms with Crippen LogP contribution in [-0.2, 0) is 6.42 Å². The average Bonchev–Trinajstić information content (AvgIpc) is 2.95. The summed E-state index contributed by atoms with van der Waals surface area (Å²) in [5.74, 6) is 0.879. The molecule has 0 radical (unpaired) electrons. The molecule has 0 spiro atoms. The minimum Gasteiger partial charge on any atom is -0.494 e. The normalized spacial score (nSPS) is 11.2. The van der Waals surface area contributed by atoms with E-state index in [0.29, 0.717) is 6.61 Å². The van der Waals surface area contributed by atoms with E-state index in [4.69, 9.17) is 9.73 Å². The van der Waals surface area contributed by atoms with Crippen LogP contribution in [0.4, 0.5) is 5.69 Å². The van der Waals surface area contributed by atoms with Crippen molar-refractivity contribution in [3.05, 3.63) is 150 Å². The smallest absolute Gasteiger partial charge is 0.119 e. The average molecular weight is 500 g/mol. The standard InChI is InChI=1S/C34H30NOP/c1-2-36-30-22-23-33(29(25-30)24-27-14-6-3-7-15-27)35-26-28-16-12-13-21-34(28)37(31-17-8-4-9-18-31)32-19-10-5-11-20-32/h3-23,25-26H,2,24H2,1H3. The molecule has 0 saturated carbocycles. The van der Waals surface area contributed by atoms with Gasteiger partial charge >= 0.3 is 0 Å². The quantitative estimate of drug-likeness (QED) is 0.155. The first-order chi connectivity index (χ1) is 18.3. The fourth-order valence-corrected chi connectivity index (χ4v) is 6.84. The second kappa shape index (κ2) is 12.3. The molecule has 0 bridgehead atoms. The second-order valence-electron chi connectivity index (χ2n) is 8.71. The largest absolute Gasteiger partial charge is 0.494 e. The van der Waals surface area contributed by atoms with E-state index in [9.17, 15) is 0 Å². The minimum absolute atomic E-state index is 0.642. The molecule has 37 heavy (non-hydrogen) atoms. The van der Waals surface area contributed by atoms with Gasteiger partial charge in [-0.25, -0.2) is 0 Å². The molecule has 5 aromatic carbocycles. The van der Waals surface area contributed by atoms with Crippen molar-refractivity contribution in [1.29, 1.82) is 0 Å². The Morgan fingerprint density at radius 2 is 1.27 bits per heavy atom. The van der Waals surface area contributed by atoms with Crippen molar-refractivity contribution in [2.24, 2.45) is 4.99 Å². The van der Waals surface area contributed by atoms with E-state index >= 15 is 0 Å². The Labute approximate surface area is 221 Å². The number of hydrogen-bond donors (Lipinski definition) is 0. The molecular formula is C34H30NOP. The topological polar surface area (TPSA) is 21.6 Å². The highest BCUT2D eigenvalue weighted by atomic mass is 31.1. The van der Waals surface area contributed by atoms with Gasteiger partial charge < -0.3 is 4.74 Å². The highest BCUT2D eigenvalue weighted by Gasteiger charge is 2.18. The molecule has 0 saturated heterocycles. The van der Waals surface area contributed by atoms with Crippen LogP contribution in [-0.4, -0.2) is 12.8 Å². The third-order valence-electron chi connectivity index (χ3n) is 6.15. The van der Waals surface area contributed by atoms with Crippen molar-refractivity contribution in [2.45, 2.75) is 13.3 Å². The van der Waals surface area contributed by atoms with Gasteiger partial charge in [0, 0.05) is 11.8 Å².